The number of fused-ring (bicyclic) bond motifs is 4. The maximum atomic E-state index is 12.6. The van der Waals surface area contributed by atoms with Crippen molar-refractivity contribution in [1.29, 1.82) is 0 Å². The molecular formula is C122H140Cl4F3N15O4. The fourth-order valence-corrected chi connectivity index (χ4v) is 21.5. The van der Waals surface area contributed by atoms with Crippen LogP contribution in [0.1, 0.15) is 129 Å². The van der Waals surface area contributed by atoms with Gasteiger partial charge < -0.3 is 42.5 Å². The summed E-state index contributed by atoms with van der Waals surface area (Å²) in [5.74, 6) is 0.431. The average Bonchev–Trinajstić information content (AvgIpc) is 1.64. The molecule has 4 aliphatic rings. The van der Waals surface area contributed by atoms with Crippen molar-refractivity contribution in [3.05, 3.63) is 344 Å². The van der Waals surface area contributed by atoms with Gasteiger partial charge in [-0.1, -0.05) is 233 Å². The van der Waals surface area contributed by atoms with Crippen LogP contribution < -0.4 is 14.2 Å². The highest BCUT2D eigenvalue weighted by molar-refractivity contribution is 6.32. The summed E-state index contributed by atoms with van der Waals surface area (Å²) in [7, 11) is 3.25. The lowest BCUT2D eigenvalue weighted by molar-refractivity contribution is -0.274. The summed E-state index contributed by atoms with van der Waals surface area (Å²) in [6.07, 6.45) is 20.0. The monoisotopic (exact) mass is 2080 g/mol. The minimum absolute atomic E-state index is 0.0777. The third-order valence-corrected chi connectivity index (χ3v) is 30.7. The van der Waals surface area contributed by atoms with E-state index in [0.717, 1.165) is 268 Å². The maximum Gasteiger partial charge on any atom is 0.573 e. The van der Waals surface area contributed by atoms with Crippen molar-refractivity contribution in [1.82, 2.24) is 72.4 Å². The SMILES string of the molecule is CCCCn1cc(-c2ccc(CO)cc2)c2cc(CN3CCN(Cc4ccccc4Cl)CC3)ccc21.CCCCn1cc(-c2ccc(OC(F)(F)F)cc2)c2cc(CN3CCN(CCc4ccccc4Cl)CC3)ccc21.CCCCn1cc(-c2ccc(OC)nc2)c2cc(CN3CCN(Cc4ccccc4Cl)CC3)ccc21.CCCCn1cc(-c2cnc(OC)nc2)c2cc(CN3CCN(Cc4ccccc4Cl)CC3)ccc21. The highest BCUT2D eigenvalue weighted by atomic mass is 35.5. The van der Waals surface area contributed by atoms with Gasteiger partial charge in [-0.2, -0.15) is 0 Å². The molecule has 1 N–H and O–H groups in total. The molecule has 0 aliphatic carbocycles. The predicted octanol–water partition coefficient (Wildman–Crippen LogP) is 27.0. The van der Waals surface area contributed by atoms with Crippen molar-refractivity contribution >= 4 is 90.0 Å². The minimum atomic E-state index is -4.70. The number of unbranched alkanes of at least 4 members (excludes halogenated alkanes) is 4. The first kappa shape index (κ1) is 108. The van der Waals surface area contributed by atoms with E-state index < -0.39 is 6.36 Å². The minimum Gasteiger partial charge on any atom is -0.481 e. The number of aliphatic hydroxyl groups is 1. The summed E-state index contributed by atoms with van der Waals surface area (Å²) in [5.41, 5.74) is 25.0. The van der Waals surface area contributed by atoms with Crippen LogP contribution in [0.4, 0.5) is 13.2 Å². The molecule has 4 fully saturated rings. The number of hydrogen-bond donors (Lipinski definition) is 1. The molecule has 6 aromatic heterocycles. The van der Waals surface area contributed by atoms with Gasteiger partial charge in [-0.3, -0.25) is 34.3 Å². The van der Waals surface area contributed by atoms with Gasteiger partial charge in [-0.05, 0) is 184 Å². The number of methoxy groups -OCH3 is 2. The number of hydrogen-bond acceptors (Lipinski definition) is 15. The molecule has 0 radical (unpaired) electrons. The smallest absolute Gasteiger partial charge is 0.481 e. The van der Waals surface area contributed by atoms with Crippen molar-refractivity contribution < 1.29 is 32.5 Å². The molecule has 148 heavy (non-hydrogen) atoms. The Balaban J connectivity index is 0.000000135. The Morgan fingerprint density at radius 2 is 0.595 bits per heavy atom. The van der Waals surface area contributed by atoms with E-state index in [1.165, 1.54) is 144 Å². The number of halogens is 7. The second-order valence-electron chi connectivity index (χ2n) is 39.6. The molecule has 776 valence electrons. The zero-order valence-electron chi connectivity index (χ0n) is 86.4. The van der Waals surface area contributed by atoms with Crippen molar-refractivity contribution in [2.45, 2.75) is 170 Å². The molecular weight excluding hydrogens is 1940 g/mol. The van der Waals surface area contributed by atoms with E-state index in [1.54, 1.807) is 26.4 Å². The molecule has 0 saturated carbocycles. The molecule has 19 nitrogen and oxygen atoms in total. The summed E-state index contributed by atoms with van der Waals surface area (Å²) in [5, 5.41) is 17.9. The molecule has 0 amide bonds. The predicted molar refractivity (Wildman–Crippen MR) is 601 cm³/mol. The molecule has 0 spiro atoms. The number of aliphatic hydroxyl groups excluding tert-OH is 1. The van der Waals surface area contributed by atoms with Crippen LogP contribution in [0.5, 0.6) is 17.6 Å². The number of rotatable bonds is 37. The fourth-order valence-electron chi connectivity index (χ4n) is 20.7. The lowest BCUT2D eigenvalue weighted by Gasteiger charge is -2.35. The third kappa shape index (κ3) is 28.8. The molecule has 0 atom stereocenters. The maximum absolute atomic E-state index is 12.6. The Labute approximate surface area is 890 Å². The first-order valence-corrected chi connectivity index (χ1v) is 54.4. The molecule has 4 aliphatic heterocycles. The molecule has 10 aromatic carbocycles. The lowest BCUT2D eigenvalue weighted by Crippen LogP contribution is -2.46. The Morgan fingerprint density at radius 1 is 0.304 bits per heavy atom. The number of nitrogens with zero attached hydrogens (tertiary/aromatic N) is 15. The van der Waals surface area contributed by atoms with E-state index in [1.807, 2.05) is 91.4 Å². The number of ether oxygens (including phenoxy) is 3. The van der Waals surface area contributed by atoms with Crippen molar-refractivity contribution in [3.63, 3.8) is 0 Å². The van der Waals surface area contributed by atoms with Gasteiger partial charge in [0.15, 0.2) is 0 Å². The van der Waals surface area contributed by atoms with Gasteiger partial charge in [0.05, 0.1) is 20.8 Å². The standard InChI is InChI=1S/C32H35ClF3N3O.C31H36ClN3O.C30H35ClN4O.C29H34ClN5O/c1-2-3-15-39-23-29(25-9-11-27(12-10-25)40-32(34,35)36)28-21-24(8-13-31(28)39)22-38-19-17-37(18-20-38)16-14-26-6-4-5-7-30(26)33;1-2-3-14-35-22-29(26-11-8-24(23-36)9-12-26)28-19-25(10-13-31(28)35)20-33-15-17-34(18-16-33)21-27-6-4-5-7-30(27)32;1-3-4-13-35-22-27(24-10-12-30(36-2)32-19-24)26-18-23(9-11-29(26)35)20-33-14-16-34(17-15-33)21-25-7-5-6-8-28(25)31;1-3-4-11-35-21-26(24-17-31-29(36-2)32-18-24)25-16-22(9-10-28(25)35)19-33-12-14-34(15-13-33)20-23-7-5-6-8-27(23)30/h4-13,21,23H,2-3,14-20,22H2,1H3;4-13,19,22,36H,2-3,14-18,20-21,23H2,1H3;5-12,18-19,22H,3-4,13-17,20-21H2,1-2H3;5-10,16-18,21H,3-4,11-15,19-20H2,1-2H3. The Kier molecular flexibility index (Phi) is 38.5. The van der Waals surface area contributed by atoms with E-state index >= 15 is 0 Å². The lowest BCUT2D eigenvalue weighted by atomic mass is 10.0. The van der Waals surface area contributed by atoms with E-state index in [9.17, 15) is 18.3 Å². The van der Waals surface area contributed by atoms with Crippen molar-refractivity contribution in [3.8, 4) is 62.1 Å². The zero-order chi connectivity index (χ0) is 103. The van der Waals surface area contributed by atoms with Gasteiger partial charge in [0.25, 0.3) is 0 Å². The first-order valence-electron chi connectivity index (χ1n) is 52.8. The first-order chi connectivity index (χ1) is 72.2. The number of aromatic nitrogens is 7. The van der Waals surface area contributed by atoms with E-state index in [0.29, 0.717) is 11.9 Å². The molecule has 0 unspecified atom stereocenters. The van der Waals surface area contributed by atoms with Crippen LogP contribution in [0.25, 0.3) is 88.1 Å². The summed E-state index contributed by atoms with van der Waals surface area (Å²) in [6.45, 7) is 37.2. The number of benzene rings is 10. The van der Waals surface area contributed by atoms with Crippen LogP contribution in [0.3, 0.4) is 0 Å². The van der Waals surface area contributed by atoms with Gasteiger partial charge in [-0.25, -0.2) is 15.0 Å². The van der Waals surface area contributed by atoms with Crippen molar-refractivity contribution in [2.24, 2.45) is 0 Å². The summed E-state index contributed by atoms with van der Waals surface area (Å²) >= 11 is 25.5. The highest BCUT2D eigenvalue weighted by Crippen LogP contribution is 2.40. The van der Waals surface area contributed by atoms with Crippen LogP contribution in [-0.4, -0.2) is 209 Å². The number of piperazine rings is 4. The zero-order valence-corrected chi connectivity index (χ0v) is 89.4. The quantitative estimate of drug-likeness (QED) is 0.0396. The second-order valence-corrected chi connectivity index (χ2v) is 41.3. The van der Waals surface area contributed by atoms with Crippen molar-refractivity contribution in [2.75, 3.05) is 125 Å². The Morgan fingerprint density at radius 3 is 0.899 bits per heavy atom. The highest BCUT2D eigenvalue weighted by Gasteiger charge is 2.32. The van der Waals surface area contributed by atoms with Crippen LogP contribution >= 0.6 is 46.4 Å². The second kappa shape index (κ2) is 52.8. The Bertz CT molecular complexity index is 6460. The molecule has 4 saturated heterocycles. The third-order valence-electron chi connectivity index (χ3n) is 29.2. The number of aryl methyl sites for hydroxylation is 4. The van der Waals surface area contributed by atoms with Gasteiger partial charge in [0.2, 0.25) is 5.88 Å². The molecule has 10 heterocycles. The molecule has 0 bridgehead atoms. The van der Waals surface area contributed by atoms with Gasteiger partial charge in [0.1, 0.15) is 5.75 Å². The van der Waals surface area contributed by atoms with E-state index in [-0.39, 0.29) is 12.4 Å². The fraction of sp³-hybridized carbons (Fsp3) is 0.369. The van der Waals surface area contributed by atoms with Gasteiger partial charge in [-0.15, -0.1) is 13.2 Å². The van der Waals surface area contributed by atoms with Gasteiger partial charge in [0, 0.05) is 330 Å². The van der Waals surface area contributed by atoms with Crippen LogP contribution in [0.2, 0.25) is 20.1 Å². The number of alkyl halides is 3. The van der Waals surface area contributed by atoms with Crippen LogP contribution in [0, 0.1) is 0 Å². The average molecular weight is 2080 g/mol. The normalized spacial score (nSPS) is 15.0. The largest absolute Gasteiger partial charge is 0.573 e. The Hall–Kier alpha value is -11.4. The van der Waals surface area contributed by atoms with E-state index in [2.05, 4.69) is 263 Å². The molecule has 26 heteroatoms. The molecule has 20 rings (SSSR count). The summed E-state index contributed by atoms with van der Waals surface area (Å²) in [4.78, 5) is 33.3. The van der Waals surface area contributed by atoms with E-state index in [4.69, 9.17) is 55.9 Å². The summed E-state index contributed by atoms with van der Waals surface area (Å²) in [6, 6.07) is 79.0. The van der Waals surface area contributed by atoms with Crippen LogP contribution in [0.15, 0.2) is 274 Å². The van der Waals surface area contributed by atoms with Crippen LogP contribution in [-0.2, 0) is 85.0 Å². The van der Waals surface area contributed by atoms with Gasteiger partial charge >= 0.3 is 12.4 Å². The molecule has 16 aromatic rings. The summed E-state index contributed by atoms with van der Waals surface area (Å²) < 4.78 is 61.9. The topological polar surface area (TPSA) is 132 Å². The number of pyridine rings is 1.